The third-order valence-electron chi connectivity index (χ3n) is 2.48. The lowest BCUT2D eigenvalue weighted by Gasteiger charge is -2.00. The van der Waals surface area contributed by atoms with Crippen molar-refractivity contribution in [3.8, 4) is 12.3 Å². The Morgan fingerprint density at radius 1 is 0.714 bits per heavy atom. The molecule has 0 saturated heterocycles. The molecule has 0 aromatic heterocycles. The smallest absolute Gasteiger partial charge is 0.0431 e. The molecule has 14 heavy (non-hydrogen) atoms. The number of terminal acetylenes is 1. The van der Waals surface area contributed by atoms with Gasteiger partial charge < -0.3 is 5.11 Å². The molecular formula is C13H24O. The summed E-state index contributed by atoms with van der Waals surface area (Å²) in [5.41, 5.74) is 0. The van der Waals surface area contributed by atoms with Crippen molar-refractivity contribution in [2.75, 3.05) is 6.61 Å². The van der Waals surface area contributed by atoms with E-state index >= 15 is 0 Å². The summed E-state index contributed by atoms with van der Waals surface area (Å²) in [6.07, 6.45) is 17.4. The lowest BCUT2D eigenvalue weighted by Crippen LogP contribution is -1.84. The van der Waals surface area contributed by atoms with Crippen LogP contribution in [0, 0.1) is 12.3 Å². The van der Waals surface area contributed by atoms with Crippen LogP contribution in [-0.2, 0) is 0 Å². The largest absolute Gasteiger partial charge is 0.396 e. The fraction of sp³-hybridized carbons (Fsp3) is 0.846. The second kappa shape index (κ2) is 12.5. The Bertz CT molecular complexity index is 135. The lowest BCUT2D eigenvalue weighted by molar-refractivity contribution is 0.282. The van der Waals surface area contributed by atoms with E-state index in [2.05, 4.69) is 5.92 Å². The van der Waals surface area contributed by atoms with Gasteiger partial charge in [0.05, 0.1) is 0 Å². The number of aliphatic hydroxyl groups is 1. The van der Waals surface area contributed by atoms with E-state index in [1.807, 2.05) is 0 Å². The van der Waals surface area contributed by atoms with Gasteiger partial charge in [-0.05, 0) is 12.8 Å². The topological polar surface area (TPSA) is 20.2 Å². The molecule has 0 aliphatic rings. The Hall–Kier alpha value is -0.480. The molecule has 0 unspecified atom stereocenters. The van der Waals surface area contributed by atoms with Crippen LogP contribution in [0.5, 0.6) is 0 Å². The van der Waals surface area contributed by atoms with Gasteiger partial charge in [0.1, 0.15) is 0 Å². The molecule has 0 aliphatic carbocycles. The van der Waals surface area contributed by atoms with Crippen molar-refractivity contribution in [3.05, 3.63) is 0 Å². The first kappa shape index (κ1) is 13.5. The van der Waals surface area contributed by atoms with Gasteiger partial charge in [0, 0.05) is 13.0 Å². The minimum absolute atomic E-state index is 0.353. The van der Waals surface area contributed by atoms with Gasteiger partial charge in [0.2, 0.25) is 0 Å². The van der Waals surface area contributed by atoms with Crippen LogP contribution in [0.3, 0.4) is 0 Å². The average molecular weight is 196 g/mol. The predicted octanol–water partition coefficient (Wildman–Crippen LogP) is 3.51. The fourth-order valence-corrected chi connectivity index (χ4v) is 1.58. The van der Waals surface area contributed by atoms with E-state index in [0.717, 1.165) is 12.8 Å². The molecule has 0 fully saturated rings. The second-order valence-electron chi connectivity index (χ2n) is 3.86. The van der Waals surface area contributed by atoms with Crippen molar-refractivity contribution in [1.82, 2.24) is 0 Å². The summed E-state index contributed by atoms with van der Waals surface area (Å²) in [7, 11) is 0. The number of rotatable bonds is 10. The van der Waals surface area contributed by atoms with Crippen molar-refractivity contribution in [3.63, 3.8) is 0 Å². The lowest BCUT2D eigenvalue weighted by atomic mass is 10.1. The summed E-state index contributed by atoms with van der Waals surface area (Å²) in [6, 6.07) is 0. The maximum Gasteiger partial charge on any atom is 0.0431 e. The van der Waals surface area contributed by atoms with Gasteiger partial charge >= 0.3 is 0 Å². The Morgan fingerprint density at radius 3 is 1.57 bits per heavy atom. The molecule has 0 radical (unpaired) electrons. The fourth-order valence-electron chi connectivity index (χ4n) is 1.58. The van der Waals surface area contributed by atoms with E-state index < -0.39 is 0 Å². The number of aliphatic hydroxyl groups excluding tert-OH is 1. The molecular weight excluding hydrogens is 172 g/mol. The highest BCUT2D eigenvalue weighted by molar-refractivity contribution is 4.82. The van der Waals surface area contributed by atoms with E-state index in [-0.39, 0.29) is 0 Å². The molecule has 0 aliphatic heterocycles. The molecule has 82 valence electrons. The van der Waals surface area contributed by atoms with E-state index in [9.17, 15) is 0 Å². The molecule has 1 heteroatoms. The molecule has 0 aromatic carbocycles. The normalized spacial score (nSPS) is 10.0. The maximum atomic E-state index is 8.57. The van der Waals surface area contributed by atoms with Crippen LogP contribution in [0.1, 0.15) is 64.2 Å². The summed E-state index contributed by atoms with van der Waals surface area (Å²) >= 11 is 0. The Balaban J connectivity index is 2.82. The number of hydrogen-bond acceptors (Lipinski definition) is 1. The SMILES string of the molecule is C#CCCCCCCCCCCCO. The van der Waals surface area contributed by atoms with E-state index in [1.54, 1.807) is 0 Å². The van der Waals surface area contributed by atoms with Crippen molar-refractivity contribution in [1.29, 1.82) is 0 Å². The molecule has 0 atom stereocenters. The van der Waals surface area contributed by atoms with Crippen molar-refractivity contribution >= 4 is 0 Å². The zero-order valence-electron chi connectivity index (χ0n) is 9.30. The third kappa shape index (κ3) is 11.5. The summed E-state index contributed by atoms with van der Waals surface area (Å²) in [4.78, 5) is 0. The number of hydrogen-bond donors (Lipinski definition) is 1. The van der Waals surface area contributed by atoms with Gasteiger partial charge in [0.15, 0.2) is 0 Å². The van der Waals surface area contributed by atoms with Crippen LogP contribution < -0.4 is 0 Å². The molecule has 0 spiro atoms. The third-order valence-corrected chi connectivity index (χ3v) is 2.48. The molecule has 0 rings (SSSR count). The van der Waals surface area contributed by atoms with Gasteiger partial charge in [-0.3, -0.25) is 0 Å². The van der Waals surface area contributed by atoms with Crippen LogP contribution in [0.4, 0.5) is 0 Å². The first-order chi connectivity index (χ1) is 6.91. The van der Waals surface area contributed by atoms with Crippen LogP contribution >= 0.6 is 0 Å². The molecule has 1 N–H and O–H groups in total. The van der Waals surface area contributed by atoms with Crippen LogP contribution in [0.2, 0.25) is 0 Å². The monoisotopic (exact) mass is 196 g/mol. The quantitative estimate of drug-likeness (QED) is 0.419. The Morgan fingerprint density at radius 2 is 1.14 bits per heavy atom. The highest BCUT2D eigenvalue weighted by Gasteiger charge is 1.91. The van der Waals surface area contributed by atoms with Crippen LogP contribution in [0.25, 0.3) is 0 Å². The van der Waals surface area contributed by atoms with E-state index in [0.29, 0.717) is 6.61 Å². The van der Waals surface area contributed by atoms with Crippen LogP contribution in [0.15, 0.2) is 0 Å². The predicted molar refractivity (Wildman–Crippen MR) is 62.1 cm³/mol. The zero-order valence-corrected chi connectivity index (χ0v) is 9.30. The van der Waals surface area contributed by atoms with Gasteiger partial charge in [-0.1, -0.05) is 44.9 Å². The first-order valence-electron chi connectivity index (χ1n) is 5.96. The molecule has 0 aromatic rings. The molecule has 0 amide bonds. The van der Waals surface area contributed by atoms with Gasteiger partial charge in [-0.2, -0.15) is 0 Å². The first-order valence-corrected chi connectivity index (χ1v) is 5.96. The Labute approximate surface area is 88.9 Å². The van der Waals surface area contributed by atoms with Gasteiger partial charge in [-0.15, -0.1) is 12.3 Å². The minimum Gasteiger partial charge on any atom is -0.396 e. The standard InChI is InChI=1S/C13H24O/c1-2-3-4-5-6-7-8-9-10-11-12-13-14/h1,14H,3-13H2. The maximum absolute atomic E-state index is 8.57. The van der Waals surface area contributed by atoms with Crippen molar-refractivity contribution in [2.45, 2.75) is 64.2 Å². The van der Waals surface area contributed by atoms with Crippen molar-refractivity contribution in [2.24, 2.45) is 0 Å². The zero-order chi connectivity index (χ0) is 10.5. The average Bonchev–Trinajstić information content (AvgIpc) is 2.21. The summed E-state index contributed by atoms with van der Waals surface area (Å²) < 4.78 is 0. The molecule has 0 heterocycles. The van der Waals surface area contributed by atoms with E-state index in [4.69, 9.17) is 11.5 Å². The van der Waals surface area contributed by atoms with E-state index in [1.165, 1.54) is 51.4 Å². The Kier molecular flexibility index (Phi) is 12.1. The second-order valence-corrected chi connectivity index (χ2v) is 3.86. The minimum atomic E-state index is 0.353. The summed E-state index contributed by atoms with van der Waals surface area (Å²) in [6.45, 7) is 0.353. The molecule has 0 bridgehead atoms. The summed E-state index contributed by atoms with van der Waals surface area (Å²) in [5, 5.41) is 8.57. The molecule has 1 nitrogen and oxygen atoms in total. The highest BCUT2D eigenvalue weighted by atomic mass is 16.2. The van der Waals surface area contributed by atoms with Gasteiger partial charge in [-0.25, -0.2) is 0 Å². The summed E-state index contributed by atoms with van der Waals surface area (Å²) in [5.74, 6) is 2.67. The van der Waals surface area contributed by atoms with Gasteiger partial charge in [0.25, 0.3) is 0 Å². The highest BCUT2D eigenvalue weighted by Crippen LogP contribution is 2.09. The van der Waals surface area contributed by atoms with Crippen LogP contribution in [-0.4, -0.2) is 11.7 Å². The number of unbranched alkanes of at least 4 members (excludes halogenated alkanes) is 9. The molecule has 0 saturated carbocycles. The van der Waals surface area contributed by atoms with Crippen molar-refractivity contribution < 1.29 is 5.11 Å².